The Kier molecular flexibility index (Phi) is 4.43. The Bertz CT molecular complexity index is 724. The van der Waals surface area contributed by atoms with Crippen LogP contribution in [0.25, 0.3) is 11.3 Å². The molecule has 2 unspecified atom stereocenters. The number of aryl methyl sites for hydroxylation is 1. The first-order valence-corrected chi connectivity index (χ1v) is 8.49. The second-order valence-corrected chi connectivity index (χ2v) is 6.85. The molecule has 1 heterocycles. The lowest BCUT2D eigenvalue weighted by atomic mass is 10.0. The average molecular weight is 330 g/mol. The number of nitrogens with one attached hydrogen (secondary N) is 1. The molecule has 0 aliphatic heterocycles. The third-order valence-electron chi connectivity index (χ3n) is 4.21. The number of carboxylic acid groups (broad SMARTS) is 1. The van der Waals surface area contributed by atoms with Crippen LogP contribution in [0.1, 0.15) is 34.6 Å². The molecule has 5 nitrogen and oxygen atoms in total. The molecule has 1 aliphatic carbocycles. The van der Waals surface area contributed by atoms with E-state index in [1.807, 2.05) is 24.4 Å². The van der Waals surface area contributed by atoms with Crippen molar-refractivity contribution in [2.45, 2.75) is 32.2 Å². The average Bonchev–Trinajstić information content (AvgIpc) is 3.16. The van der Waals surface area contributed by atoms with Gasteiger partial charge >= 0.3 is 5.97 Å². The van der Waals surface area contributed by atoms with Crippen molar-refractivity contribution in [3.8, 4) is 11.3 Å². The van der Waals surface area contributed by atoms with Crippen LogP contribution in [0.5, 0.6) is 0 Å². The van der Waals surface area contributed by atoms with Crippen molar-refractivity contribution >= 4 is 23.2 Å². The summed E-state index contributed by atoms with van der Waals surface area (Å²) in [5.74, 6) is -1.53. The van der Waals surface area contributed by atoms with Crippen LogP contribution in [0, 0.1) is 12.8 Å². The minimum absolute atomic E-state index is 0.218. The topological polar surface area (TPSA) is 79.3 Å². The van der Waals surface area contributed by atoms with E-state index in [2.05, 4.69) is 10.3 Å². The summed E-state index contributed by atoms with van der Waals surface area (Å²) in [7, 11) is 0. The Morgan fingerprint density at radius 3 is 2.61 bits per heavy atom. The number of thiazole rings is 1. The van der Waals surface area contributed by atoms with Gasteiger partial charge in [-0.25, -0.2) is 4.98 Å². The monoisotopic (exact) mass is 330 g/mol. The van der Waals surface area contributed by atoms with E-state index in [4.69, 9.17) is 0 Å². The van der Waals surface area contributed by atoms with Crippen molar-refractivity contribution < 1.29 is 14.7 Å². The molecule has 0 saturated heterocycles. The molecule has 23 heavy (non-hydrogen) atoms. The second kappa shape index (κ2) is 6.50. The van der Waals surface area contributed by atoms with Crippen molar-refractivity contribution in [2.24, 2.45) is 5.92 Å². The molecule has 2 N–H and O–H groups in total. The van der Waals surface area contributed by atoms with E-state index in [1.54, 1.807) is 23.5 Å². The van der Waals surface area contributed by atoms with Crippen LogP contribution in [0.2, 0.25) is 0 Å². The van der Waals surface area contributed by atoms with E-state index in [0.717, 1.165) is 29.1 Å². The van der Waals surface area contributed by atoms with Gasteiger partial charge < -0.3 is 10.4 Å². The zero-order valence-electron chi connectivity index (χ0n) is 12.8. The number of carbonyl (C=O) groups excluding carboxylic acids is 1. The van der Waals surface area contributed by atoms with Crippen LogP contribution in [0.4, 0.5) is 0 Å². The molecular formula is C17H18N2O3S. The van der Waals surface area contributed by atoms with Gasteiger partial charge in [0.25, 0.3) is 5.91 Å². The third-order valence-corrected chi connectivity index (χ3v) is 4.99. The number of aromatic nitrogens is 1. The van der Waals surface area contributed by atoms with Gasteiger partial charge in [-0.05, 0) is 31.9 Å². The zero-order chi connectivity index (χ0) is 16.4. The van der Waals surface area contributed by atoms with Gasteiger partial charge in [0.05, 0.1) is 16.6 Å². The number of rotatable bonds is 4. The fourth-order valence-electron chi connectivity index (χ4n) is 2.97. The molecule has 1 aromatic carbocycles. The molecule has 2 aromatic rings. The highest BCUT2D eigenvalue weighted by atomic mass is 32.1. The lowest BCUT2D eigenvalue weighted by molar-refractivity contribution is -0.142. The normalized spacial score (nSPS) is 20.4. The Labute approximate surface area is 138 Å². The number of carboxylic acids is 1. The number of nitrogens with zero attached hydrogens (tertiary/aromatic N) is 1. The molecular weight excluding hydrogens is 312 g/mol. The van der Waals surface area contributed by atoms with Gasteiger partial charge in [-0.2, -0.15) is 0 Å². The van der Waals surface area contributed by atoms with Gasteiger partial charge in [0.2, 0.25) is 0 Å². The Morgan fingerprint density at radius 2 is 2.00 bits per heavy atom. The summed E-state index contributed by atoms with van der Waals surface area (Å²) < 4.78 is 0. The molecule has 1 aliphatic rings. The largest absolute Gasteiger partial charge is 0.481 e. The predicted octanol–water partition coefficient (Wildman–Crippen LogP) is 3.10. The lowest BCUT2D eigenvalue weighted by Crippen LogP contribution is -2.40. The van der Waals surface area contributed by atoms with Crippen molar-refractivity contribution in [2.75, 3.05) is 0 Å². The van der Waals surface area contributed by atoms with Gasteiger partial charge in [0.15, 0.2) is 0 Å². The minimum atomic E-state index is -0.831. The summed E-state index contributed by atoms with van der Waals surface area (Å²) in [6.07, 6.45) is 2.19. The highest BCUT2D eigenvalue weighted by molar-refractivity contribution is 7.09. The Hall–Kier alpha value is -2.21. The highest BCUT2D eigenvalue weighted by Gasteiger charge is 2.33. The first-order valence-electron chi connectivity index (χ1n) is 7.61. The summed E-state index contributed by atoms with van der Waals surface area (Å²) >= 11 is 1.59. The number of hydrogen-bond donors (Lipinski definition) is 2. The van der Waals surface area contributed by atoms with Gasteiger partial charge in [0, 0.05) is 22.5 Å². The van der Waals surface area contributed by atoms with E-state index >= 15 is 0 Å². The maximum atomic E-state index is 12.3. The molecule has 0 spiro atoms. The van der Waals surface area contributed by atoms with Crippen molar-refractivity contribution in [3.63, 3.8) is 0 Å². The lowest BCUT2D eigenvalue weighted by Gasteiger charge is -2.17. The van der Waals surface area contributed by atoms with Crippen LogP contribution in [-0.2, 0) is 4.79 Å². The molecule has 2 atom stereocenters. The number of carbonyl (C=O) groups is 2. The molecule has 0 bridgehead atoms. The van der Waals surface area contributed by atoms with Gasteiger partial charge in [0.1, 0.15) is 0 Å². The summed E-state index contributed by atoms with van der Waals surface area (Å²) in [6.45, 7) is 1.95. The van der Waals surface area contributed by atoms with E-state index < -0.39 is 11.9 Å². The fraction of sp³-hybridized carbons (Fsp3) is 0.353. The SMILES string of the molecule is Cc1nc(-c2ccc(C(=O)NC3CCCC3C(=O)O)cc2)cs1. The van der Waals surface area contributed by atoms with Gasteiger partial charge in [-0.3, -0.25) is 9.59 Å². The number of benzene rings is 1. The second-order valence-electron chi connectivity index (χ2n) is 5.78. The third kappa shape index (κ3) is 3.42. The summed E-state index contributed by atoms with van der Waals surface area (Å²) in [5, 5.41) is 15.0. The fourth-order valence-corrected chi connectivity index (χ4v) is 3.59. The van der Waals surface area contributed by atoms with Crippen LogP contribution in [-0.4, -0.2) is 28.0 Å². The van der Waals surface area contributed by atoms with E-state index in [-0.39, 0.29) is 11.9 Å². The summed E-state index contributed by atoms with van der Waals surface area (Å²) in [5.41, 5.74) is 2.41. The minimum Gasteiger partial charge on any atom is -0.481 e. The number of amides is 1. The summed E-state index contributed by atoms with van der Waals surface area (Å²) in [6, 6.07) is 6.97. The quantitative estimate of drug-likeness (QED) is 0.903. The molecule has 120 valence electrons. The standard InChI is InChI=1S/C17H18N2O3S/c1-10-18-15(9-23-10)11-5-7-12(8-6-11)16(20)19-14-4-2-3-13(14)17(21)22/h5-9,13-14H,2-4H2,1H3,(H,19,20)(H,21,22). The number of hydrogen-bond acceptors (Lipinski definition) is 4. The molecule has 1 amide bonds. The van der Waals surface area contributed by atoms with Gasteiger partial charge in [-0.15, -0.1) is 11.3 Å². The molecule has 1 aromatic heterocycles. The Balaban J connectivity index is 1.69. The van der Waals surface area contributed by atoms with E-state index in [0.29, 0.717) is 12.0 Å². The van der Waals surface area contributed by atoms with Crippen LogP contribution in [0.3, 0.4) is 0 Å². The van der Waals surface area contributed by atoms with Crippen LogP contribution < -0.4 is 5.32 Å². The maximum absolute atomic E-state index is 12.3. The van der Waals surface area contributed by atoms with E-state index in [9.17, 15) is 14.7 Å². The zero-order valence-corrected chi connectivity index (χ0v) is 13.6. The van der Waals surface area contributed by atoms with E-state index in [1.165, 1.54) is 0 Å². The summed E-state index contributed by atoms with van der Waals surface area (Å²) in [4.78, 5) is 27.9. The highest BCUT2D eigenvalue weighted by Crippen LogP contribution is 2.26. The number of aliphatic carboxylic acids is 1. The van der Waals surface area contributed by atoms with Crippen molar-refractivity contribution in [1.82, 2.24) is 10.3 Å². The van der Waals surface area contributed by atoms with Crippen LogP contribution >= 0.6 is 11.3 Å². The van der Waals surface area contributed by atoms with Crippen molar-refractivity contribution in [3.05, 3.63) is 40.2 Å². The predicted molar refractivity (Wildman–Crippen MR) is 88.5 cm³/mol. The molecule has 3 rings (SSSR count). The first-order chi connectivity index (χ1) is 11.0. The molecule has 1 saturated carbocycles. The van der Waals surface area contributed by atoms with Gasteiger partial charge in [-0.1, -0.05) is 18.6 Å². The molecule has 1 fully saturated rings. The first kappa shape index (κ1) is 15.7. The molecule has 0 radical (unpaired) electrons. The van der Waals surface area contributed by atoms with Crippen molar-refractivity contribution in [1.29, 1.82) is 0 Å². The smallest absolute Gasteiger partial charge is 0.308 e. The van der Waals surface area contributed by atoms with Crippen LogP contribution in [0.15, 0.2) is 29.6 Å². The maximum Gasteiger partial charge on any atom is 0.308 e. The Morgan fingerprint density at radius 1 is 1.26 bits per heavy atom. The molecule has 6 heteroatoms.